The second-order valence-corrected chi connectivity index (χ2v) is 10.5. The number of halogens is 2. The topological polar surface area (TPSA) is 34.1 Å². The van der Waals surface area contributed by atoms with Crippen molar-refractivity contribution in [1.82, 2.24) is 0 Å². The van der Waals surface area contributed by atoms with Crippen molar-refractivity contribution in [3.05, 3.63) is 69.7 Å². The second kappa shape index (κ2) is 7.42. The standard InChI is InChI=1S/C14H8Cl2O2Se2/c15-11-5-1-3-9(7-11)13(17)19-20-14(18)10-4-2-6-12(16)8-10/h1-8H. The molecule has 0 aliphatic rings. The fourth-order valence-corrected chi connectivity index (χ4v) is 6.79. The molecule has 0 atom stereocenters. The molecular weight excluding hydrogens is 429 g/mol. The van der Waals surface area contributed by atoms with E-state index in [2.05, 4.69) is 0 Å². The van der Waals surface area contributed by atoms with Gasteiger partial charge in [0.15, 0.2) is 0 Å². The molecule has 0 fully saturated rings. The molecule has 0 radical (unpaired) electrons. The molecule has 0 saturated heterocycles. The van der Waals surface area contributed by atoms with Crippen LogP contribution in [0.1, 0.15) is 20.7 Å². The van der Waals surface area contributed by atoms with Crippen molar-refractivity contribution in [3.63, 3.8) is 0 Å². The van der Waals surface area contributed by atoms with Gasteiger partial charge in [-0.3, -0.25) is 0 Å². The number of carbonyl (C=O) groups is 2. The first kappa shape index (κ1) is 15.8. The van der Waals surface area contributed by atoms with Crippen molar-refractivity contribution < 1.29 is 9.59 Å². The van der Waals surface area contributed by atoms with E-state index in [-0.39, 0.29) is 35.6 Å². The third kappa shape index (κ3) is 4.46. The van der Waals surface area contributed by atoms with Gasteiger partial charge in [0.25, 0.3) is 0 Å². The zero-order valence-electron chi connectivity index (χ0n) is 10.0. The van der Waals surface area contributed by atoms with E-state index in [1.807, 2.05) is 0 Å². The molecule has 0 aliphatic heterocycles. The summed E-state index contributed by atoms with van der Waals surface area (Å²) in [6.07, 6.45) is 0. The van der Waals surface area contributed by atoms with E-state index >= 15 is 0 Å². The molecule has 2 rings (SSSR count). The van der Waals surface area contributed by atoms with Crippen molar-refractivity contribution in [2.45, 2.75) is 0 Å². The third-order valence-electron chi connectivity index (χ3n) is 2.31. The summed E-state index contributed by atoms with van der Waals surface area (Å²) < 4.78 is -0.00856. The van der Waals surface area contributed by atoms with E-state index < -0.39 is 0 Å². The van der Waals surface area contributed by atoms with Gasteiger partial charge in [0.2, 0.25) is 0 Å². The molecule has 102 valence electrons. The molecule has 0 aliphatic carbocycles. The molecule has 20 heavy (non-hydrogen) atoms. The molecule has 0 amide bonds. The molecule has 2 aromatic carbocycles. The van der Waals surface area contributed by atoms with Crippen molar-refractivity contribution in [2.75, 3.05) is 0 Å². The molecule has 0 N–H and O–H groups in total. The molecule has 6 heteroatoms. The normalized spacial score (nSPS) is 10.3. The molecule has 0 spiro atoms. The molecule has 2 aromatic rings. The van der Waals surface area contributed by atoms with E-state index in [9.17, 15) is 9.59 Å². The SMILES string of the molecule is O=C([Se][Se]C(=O)c1cccc(Cl)c1)c1cccc(Cl)c1. The van der Waals surface area contributed by atoms with Crippen LogP contribution in [0.3, 0.4) is 0 Å². The van der Waals surface area contributed by atoms with E-state index in [0.29, 0.717) is 21.2 Å². The van der Waals surface area contributed by atoms with Crippen molar-refractivity contribution in [2.24, 2.45) is 0 Å². The first-order chi connectivity index (χ1) is 9.56. The van der Waals surface area contributed by atoms with Gasteiger partial charge in [0, 0.05) is 0 Å². The Labute approximate surface area is 137 Å². The summed E-state index contributed by atoms with van der Waals surface area (Å²) in [6.45, 7) is 0. The maximum absolute atomic E-state index is 12.0. The Morgan fingerprint density at radius 3 is 1.50 bits per heavy atom. The van der Waals surface area contributed by atoms with Gasteiger partial charge in [-0.15, -0.1) is 0 Å². The van der Waals surface area contributed by atoms with Crippen molar-refractivity contribution in [1.29, 1.82) is 0 Å². The minimum absolute atomic E-state index is 0.00428. The van der Waals surface area contributed by atoms with E-state index in [0.717, 1.165) is 0 Å². The number of carbonyl (C=O) groups excluding carboxylic acids is 2. The van der Waals surface area contributed by atoms with Crippen molar-refractivity contribution in [3.8, 4) is 0 Å². The van der Waals surface area contributed by atoms with Gasteiger partial charge in [-0.1, -0.05) is 0 Å². The average molecular weight is 437 g/mol. The van der Waals surface area contributed by atoms with Crippen LogP contribution < -0.4 is 0 Å². The molecule has 0 saturated carbocycles. The van der Waals surface area contributed by atoms with E-state index in [1.54, 1.807) is 48.5 Å². The number of rotatable bonds is 5. The van der Waals surface area contributed by atoms with Crippen LogP contribution in [0.4, 0.5) is 0 Å². The summed E-state index contributed by atoms with van der Waals surface area (Å²) in [7, 11) is 0. The first-order valence-electron chi connectivity index (χ1n) is 5.50. The zero-order valence-corrected chi connectivity index (χ0v) is 14.9. The summed E-state index contributed by atoms with van der Waals surface area (Å²) in [5.74, 6) is 0. The van der Waals surface area contributed by atoms with Crippen LogP contribution in [0.25, 0.3) is 0 Å². The predicted octanol–water partition coefficient (Wildman–Crippen LogP) is 3.30. The van der Waals surface area contributed by atoms with Gasteiger partial charge >= 0.3 is 138 Å². The van der Waals surface area contributed by atoms with Crippen LogP contribution in [0.5, 0.6) is 0 Å². The fraction of sp³-hybridized carbons (Fsp3) is 0. The van der Waals surface area contributed by atoms with Crippen molar-refractivity contribution >= 4 is 58.8 Å². The third-order valence-corrected chi connectivity index (χ3v) is 8.79. The molecule has 0 unspecified atom stereocenters. The fourth-order valence-electron chi connectivity index (χ4n) is 1.40. The van der Waals surface area contributed by atoms with Gasteiger partial charge in [-0.25, -0.2) is 0 Å². The summed E-state index contributed by atoms with van der Waals surface area (Å²) >= 11 is 10.9. The zero-order chi connectivity index (χ0) is 14.5. The summed E-state index contributed by atoms with van der Waals surface area (Å²) in [4.78, 5) is 24.0. The Balaban J connectivity index is 1.98. The molecule has 2 nitrogen and oxygen atoms in total. The maximum atomic E-state index is 12.0. The van der Waals surface area contributed by atoms with Crippen LogP contribution in [0.15, 0.2) is 48.5 Å². The monoisotopic (exact) mass is 438 g/mol. The van der Waals surface area contributed by atoms with Crippen LogP contribution in [0, 0.1) is 0 Å². The number of hydrogen-bond acceptors (Lipinski definition) is 2. The second-order valence-electron chi connectivity index (χ2n) is 3.76. The molecular formula is C14H8Cl2O2Se2. The Hall–Kier alpha value is -0.601. The Bertz CT molecular complexity index is 602. The summed E-state index contributed by atoms with van der Waals surface area (Å²) in [5, 5.41) is 1.06. The molecule has 0 aromatic heterocycles. The van der Waals surface area contributed by atoms with Crippen LogP contribution in [-0.2, 0) is 0 Å². The van der Waals surface area contributed by atoms with Gasteiger partial charge in [0.05, 0.1) is 0 Å². The van der Waals surface area contributed by atoms with Gasteiger partial charge in [-0.2, -0.15) is 0 Å². The van der Waals surface area contributed by atoms with Crippen LogP contribution >= 0.6 is 23.2 Å². The Morgan fingerprint density at radius 1 is 0.750 bits per heavy atom. The average Bonchev–Trinajstić information content (AvgIpc) is 2.44. The summed E-state index contributed by atoms with van der Waals surface area (Å²) in [5.41, 5.74) is 1.14. The van der Waals surface area contributed by atoms with E-state index in [4.69, 9.17) is 23.2 Å². The molecule has 0 heterocycles. The minimum atomic E-state index is -0.378. The quantitative estimate of drug-likeness (QED) is 0.674. The Kier molecular flexibility index (Phi) is 5.85. The van der Waals surface area contributed by atoms with Gasteiger partial charge < -0.3 is 0 Å². The summed E-state index contributed by atoms with van der Waals surface area (Å²) in [6, 6.07) is 13.6. The number of hydrogen-bond donors (Lipinski definition) is 0. The van der Waals surface area contributed by atoms with Crippen LogP contribution in [0.2, 0.25) is 10.0 Å². The Morgan fingerprint density at radius 2 is 1.15 bits per heavy atom. The predicted molar refractivity (Wildman–Crippen MR) is 83.1 cm³/mol. The van der Waals surface area contributed by atoms with Gasteiger partial charge in [-0.05, 0) is 0 Å². The molecule has 0 bridgehead atoms. The first-order valence-corrected chi connectivity index (χ1v) is 12.3. The van der Waals surface area contributed by atoms with E-state index in [1.165, 1.54) is 0 Å². The van der Waals surface area contributed by atoms with Crippen LogP contribution in [-0.4, -0.2) is 35.6 Å². The van der Waals surface area contributed by atoms with Gasteiger partial charge in [0.1, 0.15) is 0 Å². The number of benzene rings is 2.